The summed E-state index contributed by atoms with van der Waals surface area (Å²) in [6, 6.07) is 26.0. The molecule has 0 bridgehead atoms. The van der Waals surface area contributed by atoms with Gasteiger partial charge in [-0.1, -0.05) is 48.0 Å². The van der Waals surface area contributed by atoms with Crippen molar-refractivity contribution in [1.82, 2.24) is 0 Å². The van der Waals surface area contributed by atoms with Crippen LogP contribution in [0.4, 0.5) is 5.69 Å². The zero-order valence-electron chi connectivity index (χ0n) is 23.1. The minimum absolute atomic E-state index is 0.130. The molecule has 0 aromatic heterocycles. The van der Waals surface area contributed by atoms with E-state index in [1.54, 1.807) is 14.2 Å². The number of nitrogens with zero attached hydrogens (tertiary/aromatic N) is 1. The summed E-state index contributed by atoms with van der Waals surface area (Å²) < 4.78 is 29.5. The van der Waals surface area contributed by atoms with E-state index >= 15 is 0 Å². The number of benzene rings is 4. The van der Waals surface area contributed by atoms with Gasteiger partial charge in [0.15, 0.2) is 0 Å². The maximum Gasteiger partial charge on any atom is 0.137 e. The van der Waals surface area contributed by atoms with Crippen molar-refractivity contribution < 1.29 is 23.7 Å². The summed E-state index contributed by atoms with van der Waals surface area (Å²) in [6.45, 7) is 3.44. The molecule has 4 aromatic carbocycles. The van der Waals surface area contributed by atoms with Crippen molar-refractivity contribution in [3.63, 3.8) is 0 Å². The van der Waals surface area contributed by atoms with Crippen LogP contribution >= 0.6 is 11.6 Å². The lowest BCUT2D eigenvalue weighted by atomic mass is 10.0. The molecule has 6 nitrogen and oxygen atoms in total. The summed E-state index contributed by atoms with van der Waals surface area (Å²) in [5, 5.41) is 2.69. The number of hydrogen-bond acceptors (Lipinski definition) is 6. The summed E-state index contributed by atoms with van der Waals surface area (Å²) >= 11 is 6.13. The fourth-order valence-corrected chi connectivity index (χ4v) is 5.34. The Kier molecular flexibility index (Phi) is 9.53. The van der Waals surface area contributed by atoms with Crippen LogP contribution < -0.4 is 23.8 Å². The molecule has 0 saturated carbocycles. The highest BCUT2D eigenvalue weighted by Gasteiger charge is 2.22. The van der Waals surface area contributed by atoms with E-state index in [1.165, 1.54) is 5.69 Å². The average molecular weight is 562 g/mol. The highest BCUT2D eigenvalue weighted by Crippen LogP contribution is 2.37. The van der Waals surface area contributed by atoms with Gasteiger partial charge in [0.05, 0.1) is 45.2 Å². The van der Waals surface area contributed by atoms with Crippen LogP contribution in [-0.4, -0.2) is 46.6 Å². The molecule has 0 aliphatic carbocycles. The third kappa shape index (κ3) is 6.75. The average Bonchev–Trinajstić information content (AvgIpc) is 3.00. The Bertz CT molecular complexity index is 1390. The van der Waals surface area contributed by atoms with Crippen molar-refractivity contribution in [3.8, 4) is 23.0 Å². The van der Waals surface area contributed by atoms with Crippen LogP contribution in [0.15, 0.2) is 78.9 Å². The number of para-hydroxylation sites is 1. The highest BCUT2D eigenvalue weighted by molar-refractivity contribution is 6.32. The van der Waals surface area contributed by atoms with Gasteiger partial charge in [0.2, 0.25) is 0 Å². The van der Waals surface area contributed by atoms with Gasteiger partial charge in [-0.2, -0.15) is 0 Å². The first-order valence-electron chi connectivity index (χ1n) is 13.8. The number of ether oxygens (including phenoxy) is 5. The van der Waals surface area contributed by atoms with Crippen LogP contribution in [0, 0.1) is 0 Å². The molecule has 4 aromatic rings. The van der Waals surface area contributed by atoms with Gasteiger partial charge in [0.1, 0.15) is 23.0 Å². The monoisotopic (exact) mass is 561 g/mol. The number of anilines is 1. The Labute approximate surface area is 241 Å². The van der Waals surface area contributed by atoms with Crippen molar-refractivity contribution in [2.24, 2.45) is 0 Å². The summed E-state index contributed by atoms with van der Waals surface area (Å²) in [5.41, 5.74) is 2.17. The van der Waals surface area contributed by atoms with E-state index in [2.05, 4.69) is 23.1 Å². The topological polar surface area (TPSA) is 49.4 Å². The Morgan fingerprint density at radius 3 is 2.35 bits per heavy atom. The Hall–Kier alpha value is -3.61. The molecule has 1 aliphatic heterocycles. The van der Waals surface area contributed by atoms with E-state index in [4.69, 9.17) is 35.3 Å². The maximum absolute atomic E-state index is 6.43. The third-order valence-electron chi connectivity index (χ3n) is 7.16. The first kappa shape index (κ1) is 27.9. The smallest absolute Gasteiger partial charge is 0.137 e. The van der Waals surface area contributed by atoms with E-state index in [-0.39, 0.29) is 6.10 Å². The number of rotatable bonds is 12. The van der Waals surface area contributed by atoms with Crippen molar-refractivity contribution in [1.29, 1.82) is 0 Å². The van der Waals surface area contributed by atoms with Crippen LogP contribution in [0.5, 0.6) is 23.0 Å². The van der Waals surface area contributed by atoms with Gasteiger partial charge in [-0.05, 0) is 55.3 Å². The lowest BCUT2D eigenvalue weighted by molar-refractivity contribution is 0.0306. The molecule has 1 unspecified atom stereocenters. The van der Waals surface area contributed by atoms with E-state index in [0.29, 0.717) is 30.6 Å². The highest BCUT2D eigenvalue weighted by atomic mass is 35.5. The summed E-state index contributed by atoms with van der Waals surface area (Å²) in [5.74, 6) is 3.22. The predicted octanol–water partition coefficient (Wildman–Crippen LogP) is 7.54. The molecule has 0 amide bonds. The van der Waals surface area contributed by atoms with Crippen molar-refractivity contribution in [3.05, 3.63) is 89.4 Å². The normalized spacial score (nSPS) is 15.2. The number of piperidine rings is 1. The van der Waals surface area contributed by atoms with Gasteiger partial charge < -0.3 is 28.6 Å². The zero-order valence-corrected chi connectivity index (χ0v) is 23.9. The van der Waals surface area contributed by atoms with Crippen LogP contribution in [0.2, 0.25) is 5.02 Å². The van der Waals surface area contributed by atoms with E-state index < -0.39 is 0 Å². The number of fused-ring (bicyclic) bond motifs is 1. The zero-order chi connectivity index (χ0) is 27.7. The molecule has 1 heterocycles. The second-order valence-electron chi connectivity index (χ2n) is 9.81. The van der Waals surface area contributed by atoms with Gasteiger partial charge in [-0.3, -0.25) is 0 Å². The molecular weight excluding hydrogens is 526 g/mol. The standard InChI is InChI=1S/C33H36ClNO5/c1-36-32-21-24(33(37-2)29-11-4-3-10-28(29)32)23-40-27-9-7-18-35(22-27)25-14-16-26(17-15-25)38-19-8-20-39-31-13-6-5-12-30(31)34/h3-6,10-17,21,27H,7-9,18-20,22-23H2,1-2H3. The van der Waals surface area contributed by atoms with E-state index in [0.717, 1.165) is 65.9 Å². The SMILES string of the molecule is COc1cc(COC2CCCN(c3ccc(OCCCOc4ccccc4Cl)cc3)C2)c(OC)c2ccccc12. The Morgan fingerprint density at radius 2 is 1.57 bits per heavy atom. The van der Waals surface area contributed by atoms with Crippen LogP contribution in [-0.2, 0) is 11.3 Å². The molecule has 0 radical (unpaired) electrons. The molecular formula is C33H36ClNO5. The summed E-state index contributed by atoms with van der Waals surface area (Å²) in [4.78, 5) is 2.38. The molecule has 210 valence electrons. The molecule has 7 heteroatoms. The molecule has 40 heavy (non-hydrogen) atoms. The minimum atomic E-state index is 0.130. The van der Waals surface area contributed by atoms with Gasteiger partial charge in [-0.15, -0.1) is 0 Å². The molecule has 5 rings (SSSR count). The molecule has 1 atom stereocenters. The third-order valence-corrected chi connectivity index (χ3v) is 7.48. The fourth-order valence-electron chi connectivity index (χ4n) is 5.15. The van der Waals surface area contributed by atoms with Crippen molar-refractivity contribution in [2.75, 3.05) is 45.4 Å². The lowest BCUT2D eigenvalue weighted by Gasteiger charge is -2.34. The van der Waals surface area contributed by atoms with Gasteiger partial charge in [0.25, 0.3) is 0 Å². The predicted molar refractivity (Wildman–Crippen MR) is 161 cm³/mol. The van der Waals surface area contributed by atoms with Gasteiger partial charge in [-0.25, -0.2) is 0 Å². The second kappa shape index (κ2) is 13.6. The fraction of sp³-hybridized carbons (Fsp3) is 0.333. The summed E-state index contributed by atoms with van der Waals surface area (Å²) in [6.07, 6.45) is 3.00. The van der Waals surface area contributed by atoms with Crippen LogP contribution in [0.3, 0.4) is 0 Å². The molecule has 1 saturated heterocycles. The Morgan fingerprint density at radius 1 is 0.825 bits per heavy atom. The molecule has 1 fully saturated rings. The van der Waals surface area contributed by atoms with E-state index in [1.807, 2.05) is 60.7 Å². The maximum atomic E-state index is 6.43. The quantitative estimate of drug-likeness (QED) is 0.166. The van der Waals surface area contributed by atoms with Crippen LogP contribution in [0.25, 0.3) is 10.8 Å². The first-order valence-corrected chi connectivity index (χ1v) is 14.1. The number of halogens is 1. The lowest BCUT2D eigenvalue weighted by Crippen LogP contribution is -2.39. The first-order chi connectivity index (χ1) is 19.7. The summed E-state index contributed by atoms with van der Waals surface area (Å²) in [7, 11) is 3.41. The van der Waals surface area contributed by atoms with Gasteiger partial charge >= 0.3 is 0 Å². The van der Waals surface area contributed by atoms with Crippen molar-refractivity contribution in [2.45, 2.75) is 32.0 Å². The second-order valence-corrected chi connectivity index (χ2v) is 10.2. The molecule has 1 aliphatic rings. The largest absolute Gasteiger partial charge is 0.496 e. The number of methoxy groups -OCH3 is 2. The van der Waals surface area contributed by atoms with Crippen LogP contribution in [0.1, 0.15) is 24.8 Å². The molecule has 0 N–H and O–H groups in total. The van der Waals surface area contributed by atoms with Crippen molar-refractivity contribution >= 4 is 28.1 Å². The molecule has 0 spiro atoms. The van der Waals surface area contributed by atoms with Gasteiger partial charge in [0, 0.05) is 41.5 Å². The number of hydrogen-bond donors (Lipinski definition) is 0. The van der Waals surface area contributed by atoms with E-state index in [9.17, 15) is 0 Å². The minimum Gasteiger partial charge on any atom is -0.496 e. The Balaban J connectivity index is 1.12.